The highest BCUT2D eigenvalue weighted by Gasteiger charge is 2.18. The molecule has 0 bridgehead atoms. The van der Waals surface area contributed by atoms with Crippen molar-refractivity contribution in [3.05, 3.63) is 39.9 Å². The molecule has 1 aromatic carbocycles. The highest BCUT2D eigenvalue weighted by molar-refractivity contribution is 7.07. The third-order valence-corrected chi connectivity index (χ3v) is 4.02. The summed E-state index contributed by atoms with van der Waals surface area (Å²) in [5, 5.41) is 4.51. The zero-order valence-electron chi connectivity index (χ0n) is 11.9. The molecule has 0 aliphatic heterocycles. The van der Waals surface area contributed by atoms with Gasteiger partial charge in [-0.2, -0.15) is 0 Å². The van der Waals surface area contributed by atoms with Gasteiger partial charge in [0.05, 0.1) is 17.3 Å². The number of aryl methyl sites for hydroxylation is 1. The van der Waals surface area contributed by atoms with E-state index in [1.54, 1.807) is 24.1 Å². The van der Waals surface area contributed by atoms with Crippen LogP contribution in [0.4, 0.5) is 0 Å². The van der Waals surface area contributed by atoms with E-state index in [4.69, 9.17) is 16.3 Å². The molecule has 1 aromatic heterocycles. The lowest BCUT2D eigenvalue weighted by molar-refractivity contribution is 0.0777. The van der Waals surface area contributed by atoms with Crippen molar-refractivity contribution >= 4 is 29.0 Å². The van der Waals surface area contributed by atoms with Gasteiger partial charge in [0.25, 0.3) is 5.91 Å². The van der Waals surface area contributed by atoms with Crippen LogP contribution in [0.5, 0.6) is 5.75 Å². The molecule has 21 heavy (non-hydrogen) atoms. The van der Waals surface area contributed by atoms with Crippen molar-refractivity contribution in [2.24, 2.45) is 0 Å². The van der Waals surface area contributed by atoms with Gasteiger partial charge < -0.3 is 9.64 Å². The Kier molecular flexibility index (Phi) is 5.52. The first-order valence-electron chi connectivity index (χ1n) is 6.57. The fourth-order valence-corrected chi connectivity index (χ4v) is 2.67. The van der Waals surface area contributed by atoms with E-state index >= 15 is 0 Å². The molecule has 0 fully saturated rings. The summed E-state index contributed by atoms with van der Waals surface area (Å²) >= 11 is 7.13. The Morgan fingerprint density at radius 2 is 2.19 bits per heavy atom. The normalized spacial score (nSPS) is 10.4. The number of rotatable bonds is 6. The number of hydrogen-bond donors (Lipinski definition) is 0. The van der Waals surface area contributed by atoms with Crippen molar-refractivity contribution < 1.29 is 9.53 Å². The molecule has 0 N–H and O–H groups in total. The molecule has 0 atom stereocenters. The number of amides is 1. The number of aromatic nitrogens is 2. The van der Waals surface area contributed by atoms with Crippen LogP contribution in [-0.2, 0) is 6.42 Å². The van der Waals surface area contributed by atoms with E-state index in [0.29, 0.717) is 35.2 Å². The molecule has 0 unspecified atom stereocenters. The lowest BCUT2D eigenvalue weighted by atomic mass is 10.3. The number of likely N-dealkylation sites (N-methyl/N-ethyl adjacent to an activating group) is 1. The molecule has 7 heteroatoms. The number of carbonyl (C=O) groups is 1. The summed E-state index contributed by atoms with van der Waals surface area (Å²) in [6.07, 6.45) is 0.696. The van der Waals surface area contributed by atoms with Crippen molar-refractivity contribution in [2.45, 2.75) is 13.3 Å². The van der Waals surface area contributed by atoms with E-state index in [2.05, 4.69) is 9.59 Å². The maximum atomic E-state index is 12.3. The van der Waals surface area contributed by atoms with E-state index in [0.717, 1.165) is 17.2 Å². The predicted molar refractivity (Wildman–Crippen MR) is 83.2 cm³/mol. The van der Waals surface area contributed by atoms with Gasteiger partial charge in [0.2, 0.25) is 0 Å². The summed E-state index contributed by atoms with van der Waals surface area (Å²) in [4.78, 5) is 14.5. The molecule has 5 nitrogen and oxygen atoms in total. The molecule has 112 valence electrons. The molecule has 2 rings (SSSR count). The minimum Gasteiger partial charge on any atom is -0.490 e. The summed E-state index contributed by atoms with van der Waals surface area (Å²) in [6, 6.07) is 7.26. The van der Waals surface area contributed by atoms with Gasteiger partial charge in [-0.15, -0.1) is 5.10 Å². The summed E-state index contributed by atoms with van der Waals surface area (Å²) in [5.41, 5.74) is 0.740. The van der Waals surface area contributed by atoms with Gasteiger partial charge >= 0.3 is 0 Å². The molecule has 0 saturated heterocycles. The summed E-state index contributed by atoms with van der Waals surface area (Å²) in [7, 11) is 1.73. The lowest BCUT2D eigenvalue weighted by Gasteiger charge is -2.17. The first-order chi connectivity index (χ1) is 10.1. The molecule has 0 radical (unpaired) electrons. The van der Waals surface area contributed by atoms with Gasteiger partial charge in [0, 0.05) is 7.05 Å². The third kappa shape index (κ3) is 3.92. The van der Waals surface area contributed by atoms with Crippen LogP contribution in [0.1, 0.15) is 22.3 Å². The van der Waals surface area contributed by atoms with Crippen molar-refractivity contribution in [3.63, 3.8) is 0 Å². The van der Waals surface area contributed by atoms with E-state index in [1.165, 1.54) is 0 Å². The van der Waals surface area contributed by atoms with E-state index in [1.807, 2.05) is 19.1 Å². The van der Waals surface area contributed by atoms with Crippen molar-refractivity contribution in [1.82, 2.24) is 14.5 Å². The van der Waals surface area contributed by atoms with E-state index in [-0.39, 0.29) is 5.91 Å². The number of hydrogen-bond acceptors (Lipinski definition) is 5. The Bertz CT molecular complexity index is 618. The molecule has 0 aliphatic carbocycles. The van der Waals surface area contributed by atoms with E-state index in [9.17, 15) is 4.79 Å². The van der Waals surface area contributed by atoms with Gasteiger partial charge in [-0.3, -0.25) is 4.79 Å². The maximum Gasteiger partial charge on any atom is 0.267 e. The topological polar surface area (TPSA) is 55.3 Å². The molecule has 0 spiro atoms. The lowest BCUT2D eigenvalue weighted by Crippen LogP contribution is -2.31. The van der Waals surface area contributed by atoms with Crippen LogP contribution in [0, 0.1) is 0 Å². The van der Waals surface area contributed by atoms with Crippen LogP contribution >= 0.6 is 23.1 Å². The Morgan fingerprint density at radius 3 is 2.90 bits per heavy atom. The number of para-hydroxylation sites is 1. The monoisotopic (exact) mass is 325 g/mol. The van der Waals surface area contributed by atoms with Crippen molar-refractivity contribution in [1.29, 1.82) is 0 Å². The van der Waals surface area contributed by atoms with Gasteiger partial charge in [0.1, 0.15) is 17.2 Å². The third-order valence-electron chi connectivity index (χ3n) is 2.95. The zero-order chi connectivity index (χ0) is 15.2. The molecule has 0 aliphatic rings. The Labute approximate surface area is 132 Å². The van der Waals surface area contributed by atoms with Gasteiger partial charge in [-0.25, -0.2) is 0 Å². The minimum absolute atomic E-state index is 0.0791. The largest absolute Gasteiger partial charge is 0.490 e. The second kappa shape index (κ2) is 7.38. The highest BCUT2D eigenvalue weighted by Crippen LogP contribution is 2.23. The zero-order valence-corrected chi connectivity index (χ0v) is 13.4. The fraction of sp³-hybridized carbons (Fsp3) is 0.357. The number of carbonyl (C=O) groups excluding carboxylic acids is 1. The van der Waals surface area contributed by atoms with Crippen LogP contribution in [0.3, 0.4) is 0 Å². The maximum absolute atomic E-state index is 12.3. The van der Waals surface area contributed by atoms with Crippen molar-refractivity contribution in [2.75, 3.05) is 20.2 Å². The van der Waals surface area contributed by atoms with Crippen LogP contribution in [0.15, 0.2) is 24.3 Å². The Balaban J connectivity index is 1.89. The van der Waals surface area contributed by atoms with Crippen LogP contribution < -0.4 is 4.74 Å². The minimum atomic E-state index is -0.0791. The van der Waals surface area contributed by atoms with Gasteiger partial charge in [-0.05, 0) is 30.1 Å². The smallest absolute Gasteiger partial charge is 0.267 e. The molecular weight excluding hydrogens is 310 g/mol. The fourth-order valence-electron chi connectivity index (χ4n) is 1.73. The molecular formula is C14H16ClN3O2S. The predicted octanol–water partition coefficient (Wildman–Crippen LogP) is 2.90. The molecule has 1 amide bonds. The summed E-state index contributed by atoms with van der Waals surface area (Å²) < 4.78 is 9.41. The highest BCUT2D eigenvalue weighted by atomic mass is 35.5. The van der Waals surface area contributed by atoms with Crippen LogP contribution in [-0.4, -0.2) is 40.6 Å². The number of nitrogens with zero attached hydrogens (tertiary/aromatic N) is 3. The van der Waals surface area contributed by atoms with Crippen LogP contribution in [0.25, 0.3) is 0 Å². The van der Waals surface area contributed by atoms with Crippen molar-refractivity contribution in [3.8, 4) is 5.75 Å². The average Bonchev–Trinajstić information content (AvgIpc) is 2.96. The standard InChI is InChI=1S/C14H16ClN3O2S/c1-3-11-13(21-17-16-11)14(19)18(2)8-9-20-12-7-5-4-6-10(12)15/h4-7H,3,8-9H2,1-2H3. The van der Waals surface area contributed by atoms with Crippen LogP contribution in [0.2, 0.25) is 5.02 Å². The first kappa shape index (κ1) is 15.7. The van der Waals surface area contributed by atoms with E-state index < -0.39 is 0 Å². The molecule has 2 aromatic rings. The SMILES string of the molecule is CCc1nnsc1C(=O)N(C)CCOc1ccccc1Cl. The summed E-state index contributed by atoms with van der Waals surface area (Å²) in [6.45, 7) is 2.79. The number of ether oxygens (including phenoxy) is 1. The summed E-state index contributed by atoms with van der Waals surface area (Å²) in [5.74, 6) is 0.540. The number of halogens is 1. The second-order valence-electron chi connectivity index (χ2n) is 4.41. The number of benzene rings is 1. The Hall–Kier alpha value is -1.66. The quantitative estimate of drug-likeness (QED) is 0.819. The first-order valence-corrected chi connectivity index (χ1v) is 7.72. The second-order valence-corrected chi connectivity index (χ2v) is 5.57. The average molecular weight is 326 g/mol. The molecule has 1 heterocycles. The Morgan fingerprint density at radius 1 is 1.43 bits per heavy atom. The van der Waals surface area contributed by atoms with Gasteiger partial charge in [-0.1, -0.05) is 35.1 Å². The van der Waals surface area contributed by atoms with Gasteiger partial charge in [0.15, 0.2) is 0 Å². The molecule has 0 saturated carbocycles.